The fraction of sp³-hybridized carbons (Fsp3) is 0.500. The van der Waals surface area contributed by atoms with Crippen molar-refractivity contribution < 1.29 is 5.11 Å². The van der Waals surface area contributed by atoms with Crippen LogP contribution in [0.15, 0.2) is 24.3 Å². The Balaban J connectivity index is 2.77. The molecule has 0 radical (unpaired) electrons. The van der Waals surface area contributed by atoms with E-state index in [0.29, 0.717) is 0 Å². The Morgan fingerprint density at radius 1 is 0.952 bits per heavy atom. The topological polar surface area (TPSA) is 38.0 Å². The highest BCUT2D eigenvalue weighted by Gasteiger charge is 2.33. The number of benzene rings is 1. The van der Waals surface area contributed by atoms with Gasteiger partial charge in [0.05, 0.1) is 11.4 Å². The third-order valence-electron chi connectivity index (χ3n) is 3.67. The number of hydrogen-bond acceptors (Lipinski definition) is 2. The molecule has 2 rings (SSSR count). The highest BCUT2D eigenvalue weighted by Crippen LogP contribution is 2.40. The second kappa shape index (κ2) is 4.90. The van der Waals surface area contributed by atoms with Crippen LogP contribution < -0.4 is 0 Å². The summed E-state index contributed by atoms with van der Waals surface area (Å²) in [7, 11) is 0. The first-order chi connectivity index (χ1) is 9.53. The van der Waals surface area contributed by atoms with Crippen LogP contribution in [0.1, 0.15) is 58.4 Å². The average molecular weight is 286 g/mol. The zero-order valence-electron chi connectivity index (χ0n) is 14.2. The molecule has 21 heavy (non-hydrogen) atoms. The molecular weight excluding hydrogens is 260 g/mol. The van der Waals surface area contributed by atoms with Crippen LogP contribution in [0, 0.1) is 6.92 Å². The van der Waals surface area contributed by atoms with Crippen molar-refractivity contribution >= 4 is 0 Å². The summed E-state index contributed by atoms with van der Waals surface area (Å²) in [5, 5.41) is 15.5. The lowest BCUT2D eigenvalue weighted by Gasteiger charge is -2.24. The van der Waals surface area contributed by atoms with Crippen LogP contribution in [0.2, 0.25) is 0 Å². The Morgan fingerprint density at radius 3 is 1.95 bits per heavy atom. The third kappa shape index (κ3) is 2.82. The van der Waals surface area contributed by atoms with Gasteiger partial charge < -0.3 is 5.11 Å². The monoisotopic (exact) mass is 286 g/mol. The lowest BCUT2D eigenvalue weighted by atomic mass is 9.79. The molecule has 3 heteroatoms. The molecule has 0 aliphatic carbocycles. The molecule has 1 aromatic heterocycles. The molecule has 1 N–H and O–H groups in total. The number of aryl methyl sites for hydroxylation is 1. The van der Waals surface area contributed by atoms with Crippen LogP contribution in [0.25, 0.3) is 5.69 Å². The van der Waals surface area contributed by atoms with E-state index in [1.54, 1.807) is 4.68 Å². The predicted octanol–water partition coefficient (Wildman–Crippen LogP) is 4.48. The quantitative estimate of drug-likeness (QED) is 0.839. The minimum Gasteiger partial charge on any atom is -0.493 e. The van der Waals surface area contributed by atoms with E-state index < -0.39 is 0 Å². The van der Waals surface area contributed by atoms with Crippen molar-refractivity contribution in [3.8, 4) is 11.6 Å². The molecule has 0 aliphatic heterocycles. The van der Waals surface area contributed by atoms with Gasteiger partial charge in [-0.15, -0.1) is 0 Å². The van der Waals surface area contributed by atoms with Gasteiger partial charge in [-0.1, -0.05) is 59.7 Å². The molecule has 1 aromatic carbocycles. The molecule has 0 spiro atoms. The molecule has 1 heterocycles. The zero-order valence-corrected chi connectivity index (χ0v) is 14.2. The summed E-state index contributed by atoms with van der Waals surface area (Å²) in [5.41, 5.74) is 3.63. The van der Waals surface area contributed by atoms with Gasteiger partial charge in [0.25, 0.3) is 0 Å². The Morgan fingerprint density at radius 2 is 1.52 bits per heavy atom. The largest absolute Gasteiger partial charge is 0.493 e. The highest BCUT2D eigenvalue weighted by atomic mass is 16.3. The molecule has 0 fully saturated rings. The summed E-state index contributed by atoms with van der Waals surface area (Å²) < 4.78 is 1.68. The van der Waals surface area contributed by atoms with Gasteiger partial charge in [0.2, 0.25) is 5.88 Å². The van der Waals surface area contributed by atoms with Crippen LogP contribution >= 0.6 is 0 Å². The van der Waals surface area contributed by atoms with E-state index in [2.05, 4.69) is 41.5 Å². The molecule has 0 aliphatic rings. The molecule has 0 unspecified atom stereocenters. The van der Waals surface area contributed by atoms with Crippen LogP contribution in [0.5, 0.6) is 5.88 Å². The Labute approximate surface area is 127 Å². The van der Waals surface area contributed by atoms with Gasteiger partial charge in [0.15, 0.2) is 0 Å². The number of para-hydroxylation sites is 1. The maximum atomic E-state index is 10.8. The third-order valence-corrected chi connectivity index (χ3v) is 3.67. The highest BCUT2D eigenvalue weighted by molar-refractivity contribution is 5.48. The Bertz CT molecular complexity index is 655. The summed E-state index contributed by atoms with van der Waals surface area (Å²) in [4.78, 5) is 0. The molecular formula is C18H26N2O. The summed E-state index contributed by atoms with van der Waals surface area (Å²) in [6.07, 6.45) is 0. The van der Waals surface area contributed by atoms with Crippen molar-refractivity contribution in [1.82, 2.24) is 9.78 Å². The molecule has 0 atom stereocenters. The van der Waals surface area contributed by atoms with E-state index in [1.807, 2.05) is 31.2 Å². The Hall–Kier alpha value is -1.77. The standard InChI is InChI=1S/C18H26N2O/c1-12-10-8-9-11-13(12)20-16(21)14(17(2,3)4)15(19-20)18(5,6)7/h8-11,21H,1-7H3. The number of aromatic nitrogens is 2. The SMILES string of the molecule is Cc1ccccc1-n1nc(C(C)(C)C)c(C(C)(C)C)c1O. The van der Waals surface area contributed by atoms with Crippen molar-refractivity contribution in [2.24, 2.45) is 0 Å². The summed E-state index contributed by atoms with van der Waals surface area (Å²) in [6.45, 7) is 14.8. The second-order valence-electron chi connectivity index (χ2n) is 7.75. The number of nitrogens with zero attached hydrogens (tertiary/aromatic N) is 2. The molecule has 0 saturated heterocycles. The van der Waals surface area contributed by atoms with E-state index in [1.165, 1.54) is 0 Å². The summed E-state index contributed by atoms with van der Waals surface area (Å²) in [5.74, 6) is 0.252. The molecule has 114 valence electrons. The van der Waals surface area contributed by atoms with E-state index in [4.69, 9.17) is 5.10 Å². The van der Waals surface area contributed by atoms with Gasteiger partial charge in [-0.05, 0) is 24.0 Å². The molecule has 2 aromatic rings. The molecule has 0 bridgehead atoms. The van der Waals surface area contributed by atoms with Gasteiger partial charge in [-0.25, -0.2) is 4.68 Å². The van der Waals surface area contributed by atoms with Crippen LogP contribution in [0.4, 0.5) is 0 Å². The second-order valence-corrected chi connectivity index (χ2v) is 7.75. The zero-order chi connectivity index (χ0) is 16.0. The summed E-state index contributed by atoms with van der Waals surface area (Å²) >= 11 is 0. The first-order valence-corrected chi connectivity index (χ1v) is 7.42. The van der Waals surface area contributed by atoms with Crippen molar-refractivity contribution in [2.45, 2.75) is 59.3 Å². The average Bonchev–Trinajstić information content (AvgIpc) is 2.67. The summed E-state index contributed by atoms with van der Waals surface area (Å²) in [6, 6.07) is 7.98. The van der Waals surface area contributed by atoms with E-state index in [9.17, 15) is 5.11 Å². The fourth-order valence-electron chi connectivity index (χ4n) is 2.59. The van der Waals surface area contributed by atoms with E-state index >= 15 is 0 Å². The van der Waals surface area contributed by atoms with Gasteiger partial charge >= 0.3 is 0 Å². The molecule has 3 nitrogen and oxygen atoms in total. The fourth-order valence-corrected chi connectivity index (χ4v) is 2.59. The van der Waals surface area contributed by atoms with Gasteiger partial charge in [-0.3, -0.25) is 0 Å². The van der Waals surface area contributed by atoms with Crippen LogP contribution in [-0.4, -0.2) is 14.9 Å². The minimum atomic E-state index is -0.159. The van der Waals surface area contributed by atoms with Gasteiger partial charge in [0.1, 0.15) is 0 Å². The van der Waals surface area contributed by atoms with Gasteiger partial charge in [0, 0.05) is 11.0 Å². The lowest BCUT2D eigenvalue weighted by Crippen LogP contribution is -2.21. The maximum Gasteiger partial charge on any atom is 0.218 e. The van der Waals surface area contributed by atoms with E-state index in [-0.39, 0.29) is 16.7 Å². The van der Waals surface area contributed by atoms with Crippen molar-refractivity contribution in [3.63, 3.8) is 0 Å². The first-order valence-electron chi connectivity index (χ1n) is 7.42. The number of aromatic hydroxyl groups is 1. The maximum absolute atomic E-state index is 10.8. The Kier molecular flexibility index (Phi) is 3.64. The normalized spacial score (nSPS) is 12.7. The van der Waals surface area contributed by atoms with Crippen molar-refractivity contribution in [3.05, 3.63) is 41.1 Å². The number of rotatable bonds is 1. The minimum absolute atomic E-state index is 0.117. The van der Waals surface area contributed by atoms with Crippen molar-refractivity contribution in [1.29, 1.82) is 0 Å². The van der Waals surface area contributed by atoms with E-state index in [0.717, 1.165) is 22.5 Å². The van der Waals surface area contributed by atoms with Crippen LogP contribution in [0.3, 0.4) is 0 Å². The van der Waals surface area contributed by atoms with Gasteiger partial charge in [-0.2, -0.15) is 5.10 Å². The van der Waals surface area contributed by atoms with Crippen LogP contribution in [-0.2, 0) is 10.8 Å². The molecule has 0 amide bonds. The molecule has 0 saturated carbocycles. The predicted molar refractivity (Wildman–Crippen MR) is 87.4 cm³/mol. The number of hydrogen-bond donors (Lipinski definition) is 1. The lowest BCUT2D eigenvalue weighted by molar-refractivity contribution is 0.412. The van der Waals surface area contributed by atoms with Crippen molar-refractivity contribution in [2.75, 3.05) is 0 Å². The smallest absolute Gasteiger partial charge is 0.218 e. The first kappa shape index (κ1) is 15.6.